The van der Waals surface area contributed by atoms with Crippen molar-refractivity contribution in [2.75, 3.05) is 0 Å². The van der Waals surface area contributed by atoms with E-state index in [9.17, 15) is 9.50 Å². The lowest BCUT2D eigenvalue weighted by atomic mass is 9.98. The summed E-state index contributed by atoms with van der Waals surface area (Å²) in [5.41, 5.74) is 6.50. The van der Waals surface area contributed by atoms with Crippen molar-refractivity contribution < 1.29 is 9.50 Å². The molecule has 0 unspecified atom stereocenters. The molecule has 0 saturated heterocycles. The number of hydrogen-bond donors (Lipinski definition) is 2. The molecule has 0 radical (unpaired) electrons. The fourth-order valence-electron chi connectivity index (χ4n) is 2.34. The summed E-state index contributed by atoms with van der Waals surface area (Å²) >= 11 is 0. The van der Waals surface area contributed by atoms with Gasteiger partial charge in [0.2, 0.25) is 0 Å². The molecule has 20 heavy (non-hydrogen) atoms. The first-order valence-corrected chi connectivity index (χ1v) is 6.51. The molecular weight excluding hydrogens is 255 g/mol. The Balaban J connectivity index is 1.82. The number of phenols is 1. The fraction of sp³-hybridized carbons (Fsp3) is 0.188. The number of rotatable bonds is 2. The van der Waals surface area contributed by atoms with Crippen molar-refractivity contribution >= 4 is 5.71 Å². The molecule has 0 saturated carbocycles. The molecule has 102 valence electrons. The smallest absolute Gasteiger partial charge is 0.124 e. The van der Waals surface area contributed by atoms with Crippen LogP contribution in [0.25, 0.3) is 0 Å². The Labute approximate surface area is 116 Å². The molecule has 1 aliphatic rings. The lowest BCUT2D eigenvalue weighted by Crippen LogP contribution is -2.09. The Morgan fingerprint density at radius 2 is 1.95 bits per heavy atom. The molecule has 2 aromatic rings. The van der Waals surface area contributed by atoms with Crippen molar-refractivity contribution in [3.8, 4) is 5.75 Å². The van der Waals surface area contributed by atoms with E-state index in [1.165, 1.54) is 23.8 Å². The van der Waals surface area contributed by atoms with Crippen molar-refractivity contribution in [3.05, 3.63) is 65.0 Å². The molecule has 1 atom stereocenters. The normalized spacial score (nSPS) is 17.7. The van der Waals surface area contributed by atoms with Crippen LogP contribution in [0.4, 0.5) is 4.39 Å². The van der Waals surface area contributed by atoms with Crippen molar-refractivity contribution in [3.63, 3.8) is 0 Å². The van der Waals surface area contributed by atoms with Crippen LogP contribution in [-0.2, 0) is 0 Å². The lowest BCUT2D eigenvalue weighted by molar-refractivity contribution is 0.471. The SMILES string of the molecule is Cc1ccc([C@H]2CC(c3cc(F)ccc3O)=NN2)cc1. The van der Waals surface area contributed by atoms with Gasteiger partial charge in [-0.3, -0.25) is 0 Å². The van der Waals surface area contributed by atoms with Crippen LogP contribution in [0, 0.1) is 12.7 Å². The van der Waals surface area contributed by atoms with Gasteiger partial charge < -0.3 is 10.5 Å². The van der Waals surface area contributed by atoms with Crippen LogP contribution < -0.4 is 5.43 Å². The van der Waals surface area contributed by atoms with E-state index in [1.807, 2.05) is 6.92 Å². The number of hydrogen-bond acceptors (Lipinski definition) is 3. The van der Waals surface area contributed by atoms with Crippen LogP contribution in [0.5, 0.6) is 5.75 Å². The number of aromatic hydroxyl groups is 1. The highest BCUT2D eigenvalue weighted by atomic mass is 19.1. The van der Waals surface area contributed by atoms with E-state index in [-0.39, 0.29) is 17.6 Å². The van der Waals surface area contributed by atoms with Gasteiger partial charge in [-0.15, -0.1) is 0 Å². The third kappa shape index (κ3) is 2.37. The van der Waals surface area contributed by atoms with Crippen LogP contribution in [-0.4, -0.2) is 10.8 Å². The number of nitrogens with zero attached hydrogens (tertiary/aromatic N) is 1. The summed E-state index contributed by atoms with van der Waals surface area (Å²) in [6, 6.07) is 12.2. The van der Waals surface area contributed by atoms with Gasteiger partial charge in [0.05, 0.1) is 11.8 Å². The van der Waals surface area contributed by atoms with Gasteiger partial charge in [0.15, 0.2) is 0 Å². The third-order valence-electron chi connectivity index (χ3n) is 3.50. The molecule has 1 aliphatic heterocycles. The zero-order valence-corrected chi connectivity index (χ0v) is 11.1. The molecule has 0 aromatic heterocycles. The van der Waals surface area contributed by atoms with Gasteiger partial charge in [-0.2, -0.15) is 5.10 Å². The average Bonchev–Trinajstić information content (AvgIpc) is 2.92. The maximum absolute atomic E-state index is 13.3. The quantitative estimate of drug-likeness (QED) is 0.879. The number of aryl methyl sites for hydroxylation is 1. The molecule has 4 heteroatoms. The van der Waals surface area contributed by atoms with Crippen LogP contribution in [0.15, 0.2) is 47.6 Å². The molecule has 0 spiro atoms. The van der Waals surface area contributed by atoms with E-state index in [1.54, 1.807) is 0 Å². The number of nitrogens with one attached hydrogen (secondary N) is 1. The second kappa shape index (κ2) is 4.96. The summed E-state index contributed by atoms with van der Waals surface area (Å²) in [6.07, 6.45) is 0.625. The summed E-state index contributed by atoms with van der Waals surface area (Å²) < 4.78 is 13.3. The molecule has 3 rings (SSSR count). The summed E-state index contributed by atoms with van der Waals surface area (Å²) in [5.74, 6) is -0.323. The molecule has 2 N–H and O–H groups in total. The second-order valence-electron chi connectivity index (χ2n) is 5.02. The minimum absolute atomic E-state index is 0.0523. The Hall–Kier alpha value is -2.36. The van der Waals surface area contributed by atoms with E-state index in [0.717, 1.165) is 5.56 Å². The van der Waals surface area contributed by atoms with E-state index < -0.39 is 0 Å². The molecule has 0 aliphatic carbocycles. The van der Waals surface area contributed by atoms with Crippen LogP contribution >= 0.6 is 0 Å². The van der Waals surface area contributed by atoms with Crippen LogP contribution in [0.2, 0.25) is 0 Å². The molecule has 1 heterocycles. The highest BCUT2D eigenvalue weighted by molar-refractivity contribution is 6.03. The molecule has 0 bridgehead atoms. The monoisotopic (exact) mass is 270 g/mol. The number of phenolic OH excluding ortho intramolecular Hbond substituents is 1. The minimum Gasteiger partial charge on any atom is -0.507 e. The van der Waals surface area contributed by atoms with Gasteiger partial charge in [-0.1, -0.05) is 29.8 Å². The Morgan fingerprint density at radius 3 is 2.70 bits per heavy atom. The van der Waals surface area contributed by atoms with Crippen molar-refractivity contribution in [1.82, 2.24) is 5.43 Å². The Morgan fingerprint density at radius 1 is 1.20 bits per heavy atom. The van der Waals surface area contributed by atoms with Gasteiger partial charge in [0.25, 0.3) is 0 Å². The molecule has 0 fully saturated rings. The van der Waals surface area contributed by atoms with E-state index >= 15 is 0 Å². The zero-order chi connectivity index (χ0) is 14.1. The lowest BCUT2D eigenvalue weighted by Gasteiger charge is -2.10. The fourth-order valence-corrected chi connectivity index (χ4v) is 2.34. The van der Waals surface area contributed by atoms with Crippen molar-refractivity contribution in [2.45, 2.75) is 19.4 Å². The molecule has 0 amide bonds. The molecule has 3 nitrogen and oxygen atoms in total. The van der Waals surface area contributed by atoms with E-state index in [2.05, 4.69) is 34.8 Å². The average molecular weight is 270 g/mol. The van der Waals surface area contributed by atoms with Crippen molar-refractivity contribution in [2.24, 2.45) is 5.10 Å². The predicted molar refractivity (Wildman–Crippen MR) is 76.3 cm³/mol. The van der Waals surface area contributed by atoms with Crippen LogP contribution in [0.3, 0.4) is 0 Å². The predicted octanol–water partition coefficient (Wildman–Crippen LogP) is 3.28. The molecule has 2 aromatic carbocycles. The Kier molecular flexibility index (Phi) is 3.14. The van der Waals surface area contributed by atoms with Gasteiger partial charge in [-0.25, -0.2) is 4.39 Å². The minimum atomic E-state index is -0.376. The molecular formula is C16H15FN2O. The summed E-state index contributed by atoms with van der Waals surface area (Å²) in [6.45, 7) is 2.04. The number of halogens is 1. The Bertz CT molecular complexity index is 665. The van der Waals surface area contributed by atoms with Crippen LogP contribution in [0.1, 0.15) is 29.2 Å². The maximum atomic E-state index is 13.3. The standard InChI is InChI=1S/C16H15FN2O/c1-10-2-4-11(5-3-10)14-9-15(19-18-14)13-8-12(17)6-7-16(13)20/h2-8,14,18,20H,9H2,1H3/t14-/m1/s1. The highest BCUT2D eigenvalue weighted by Gasteiger charge is 2.23. The summed E-state index contributed by atoms with van der Waals surface area (Å²) in [4.78, 5) is 0. The highest BCUT2D eigenvalue weighted by Crippen LogP contribution is 2.28. The zero-order valence-electron chi connectivity index (χ0n) is 11.1. The first kappa shape index (κ1) is 12.7. The maximum Gasteiger partial charge on any atom is 0.124 e. The topological polar surface area (TPSA) is 44.6 Å². The van der Waals surface area contributed by atoms with Gasteiger partial charge in [0, 0.05) is 12.0 Å². The van der Waals surface area contributed by atoms with Gasteiger partial charge in [0.1, 0.15) is 11.6 Å². The van der Waals surface area contributed by atoms with Gasteiger partial charge in [-0.05, 0) is 30.7 Å². The van der Waals surface area contributed by atoms with Gasteiger partial charge >= 0.3 is 0 Å². The largest absolute Gasteiger partial charge is 0.507 e. The van der Waals surface area contributed by atoms with Crippen molar-refractivity contribution in [1.29, 1.82) is 0 Å². The summed E-state index contributed by atoms with van der Waals surface area (Å²) in [5, 5.41) is 14.0. The first-order chi connectivity index (χ1) is 9.63. The van der Waals surface area contributed by atoms with E-state index in [4.69, 9.17) is 0 Å². The summed E-state index contributed by atoms with van der Waals surface area (Å²) in [7, 11) is 0. The second-order valence-corrected chi connectivity index (χ2v) is 5.02. The van der Waals surface area contributed by atoms with E-state index in [0.29, 0.717) is 17.7 Å². The first-order valence-electron chi connectivity index (χ1n) is 6.51. The number of hydrazone groups is 1. The third-order valence-corrected chi connectivity index (χ3v) is 3.50. The number of benzene rings is 2.